The average molecular weight is 224 g/mol. The Morgan fingerprint density at radius 1 is 1.19 bits per heavy atom. The molecular formula is C10H13BO5. The maximum atomic E-state index is 11.1. The fraction of sp³-hybridized carbons (Fsp3) is 0.500. The molecule has 0 heterocycles. The molecule has 0 spiro atoms. The van der Waals surface area contributed by atoms with E-state index in [0.29, 0.717) is 0 Å². The predicted octanol–water partition coefficient (Wildman–Crippen LogP) is 0.472. The highest BCUT2D eigenvalue weighted by Crippen LogP contribution is 1.96. The third-order valence-electron chi connectivity index (χ3n) is 1.62. The summed E-state index contributed by atoms with van der Waals surface area (Å²) < 4.78 is 8.47. The van der Waals surface area contributed by atoms with Crippen LogP contribution >= 0.6 is 0 Å². The first-order chi connectivity index (χ1) is 7.47. The van der Waals surface area contributed by atoms with Crippen LogP contribution in [0, 0.1) is 0 Å². The molecule has 2 radical (unpaired) electrons. The van der Waals surface area contributed by atoms with E-state index in [9.17, 15) is 14.4 Å². The molecule has 0 aliphatic carbocycles. The Bertz CT molecular complexity index is 304. The summed E-state index contributed by atoms with van der Waals surface area (Å²) in [5.41, 5.74) is 0.979. The van der Waals surface area contributed by atoms with Crippen LogP contribution in [0.4, 0.5) is 0 Å². The Morgan fingerprint density at radius 3 is 2.31 bits per heavy atom. The molecule has 0 saturated heterocycles. The molecule has 0 aromatic heterocycles. The lowest BCUT2D eigenvalue weighted by Crippen LogP contribution is -2.18. The minimum Gasteiger partial charge on any atom is -0.543 e. The van der Waals surface area contributed by atoms with Gasteiger partial charge in [-0.15, -0.1) is 0 Å². The normalized spacial score (nSPS) is 9.12. The molecule has 0 fully saturated rings. The van der Waals surface area contributed by atoms with Gasteiger partial charge >= 0.3 is 14.0 Å². The van der Waals surface area contributed by atoms with Crippen molar-refractivity contribution in [2.24, 2.45) is 0 Å². The van der Waals surface area contributed by atoms with Gasteiger partial charge in [0.15, 0.2) is 0 Å². The summed E-state index contributed by atoms with van der Waals surface area (Å²) in [6.45, 7) is 3.73. The molecule has 16 heavy (non-hydrogen) atoms. The maximum absolute atomic E-state index is 11.1. The number of carbonyl (C=O) groups excluding carboxylic acids is 3. The molecule has 0 aromatic rings. The molecule has 6 heteroatoms. The first-order valence-corrected chi connectivity index (χ1v) is 4.70. The van der Waals surface area contributed by atoms with E-state index in [1.807, 2.05) is 13.8 Å². The van der Waals surface area contributed by atoms with Crippen LogP contribution in [0.15, 0.2) is 11.6 Å². The average Bonchev–Trinajstić information content (AvgIpc) is 2.24. The van der Waals surface area contributed by atoms with Gasteiger partial charge in [-0.3, -0.25) is 9.59 Å². The van der Waals surface area contributed by atoms with E-state index in [4.69, 9.17) is 0 Å². The lowest BCUT2D eigenvalue weighted by atomic mass is 10.2. The van der Waals surface area contributed by atoms with Crippen molar-refractivity contribution in [3.8, 4) is 0 Å². The Morgan fingerprint density at radius 2 is 1.81 bits per heavy atom. The molecule has 0 rings (SSSR count). The van der Waals surface area contributed by atoms with Crippen LogP contribution in [0.2, 0.25) is 0 Å². The Labute approximate surface area is 95.2 Å². The molecule has 5 nitrogen and oxygen atoms in total. The Hall–Kier alpha value is -1.59. The monoisotopic (exact) mass is 224 g/mol. The third-order valence-corrected chi connectivity index (χ3v) is 1.62. The number of Topliss-reactive ketones (excluding diaryl/α,β-unsaturated/α-hetero) is 1. The molecule has 86 valence electrons. The van der Waals surface area contributed by atoms with Crippen molar-refractivity contribution in [3.05, 3.63) is 11.6 Å². The van der Waals surface area contributed by atoms with Crippen molar-refractivity contribution in [2.75, 3.05) is 6.61 Å². The largest absolute Gasteiger partial charge is 0.543 e. The first-order valence-electron chi connectivity index (χ1n) is 4.70. The fourth-order valence-electron chi connectivity index (χ4n) is 0.741. The first kappa shape index (κ1) is 14.4. The van der Waals surface area contributed by atoms with Gasteiger partial charge in [-0.2, -0.15) is 0 Å². The number of ether oxygens (including phenoxy) is 1. The summed E-state index contributed by atoms with van der Waals surface area (Å²) in [5, 5.41) is 0. The van der Waals surface area contributed by atoms with Gasteiger partial charge in [0.1, 0.15) is 6.61 Å². The van der Waals surface area contributed by atoms with Gasteiger partial charge in [0, 0.05) is 6.42 Å². The molecular weight excluding hydrogens is 211 g/mol. The van der Waals surface area contributed by atoms with Crippen LogP contribution in [-0.2, 0) is 23.8 Å². The number of rotatable bonds is 6. The number of hydrogen-bond donors (Lipinski definition) is 0. The van der Waals surface area contributed by atoms with E-state index < -0.39 is 17.7 Å². The SMILES string of the molecule is [B]OC(=O)CCC(=O)C(=O)OCC=C(C)C. The number of esters is 1. The second-order valence-corrected chi connectivity index (χ2v) is 3.29. The summed E-state index contributed by atoms with van der Waals surface area (Å²) in [6.07, 6.45) is 1.18. The van der Waals surface area contributed by atoms with Gasteiger partial charge in [-0.1, -0.05) is 5.57 Å². The number of carbonyl (C=O) groups is 3. The zero-order chi connectivity index (χ0) is 12.6. The fourth-order valence-corrected chi connectivity index (χ4v) is 0.741. The van der Waals surface area contributed by atoms with E-state index in [1.54, 1.807) is 6.08 Å². The summed E-state index contributed by atoms with van der Waals surface area (Å²) >= 11 is 0. The highest BCUT2D eigenvalue weighted by Gasteiger charge is 2.16. The minimum absolute atomic E-state index is 0.0498. The second-order valence-electron chi connectivity index (χ2n) is 3.29. The highest BCUT2D eigenvalue weighted by molar-refractivity contribution is 6.33. The molecule has 0 saturated carbocycles. The van der Waals surface area contributed by atoms with E-state index in [2.05, 4.69) is 17.4 Å². The summed E-state index contributed by atoms with van der Waals surface area (Å²) in [6, 6.07) is 0. The zero-order valence-corrected chi connectivity index (χ0v) is 9.32. The van der Waals surface area contributed by atoms with Crippen LogP contribution in [0.5, 0.6) is 0 Å². The van der Waals surface area contributed by atoms with Crippen LogP contribution in [-0.4, -0.2) is 32.4 Å². The number of hydrogen-bond acceptors (Lipinski definition) is 5. The third kappa shape index (κ3) is 6.81. The van der Waals surface area contributed by atoms with Crippen molar-refractivity contribution in [1.29, 1.82) is 0 Å². The molecule has 0 amide bonds. The highest BCUT2D eigenvalue weighted by atomic mass is 16.5. The van der Waals surface area contributed by atoms with Crippen LogP contribution in [0.3, 0.4) is 0 Å². The smallest absolute Gasteiger partial charge is 0.378 e. The zero-order valence-electron chi connectivity index (χ0n) is 9.32. The predicted molar refractivity (Wildman–Crippen MR) is 56.5 cm³/mol. The molecule has 0 aliphatic heterocycles. The lowest BCUT2D eigenvalue weighted by molar-refractivity contribution is -0.153. The van der Waals surface area contributed by atoms with Crippen LogP contribution in [0.25, 0.3) is 0 Å². The van der Waals surface area contributed by atoms with E-state index in [-0.39, 0.29) is 19.4 Å². The van der Waals surface area contributed by atoms with Crippen LogP contribution < -0.4 is 0 Å². The molecule has 0 unspecified atom stereocenters. The van der Waals surface area contributed by atoms with Crippen LogP contribution in [0.1, 0.15) is 26.7 Å². The summed E-state index contributed by atoms with van der Waals surface area (Å²) in [7, 11) is 4.56. The van der Waals surface area contributed by atoms with Crippen molar-refractivity contribution in [2.45, 2.75) is 26.7 Å². The van der Waals surface area contributed by atoms with Gasteiger partial charge in [0.25, 0.3) is 5.97 Å². The van der Waals surface area contributed by atoms with Crippen molar-refractivity contribution >= 4 is 25.8 Å². The molecule has 0 atom stereocenters. The Balaban J connectivity index is 3.87. The maximum Gasteiger partial charge on any atom is 0.378 e. The standard InChI is InChI=1S/C10H13BO5/c1-7(2)5-6-15-10(14)8(12)3-4-9(13)16-11/h5H,3-4,6H2,1-2H3. The van der Waals surface area contributed by atoms with Gasteiger partial charge in [-0.25, -0.2) is 4.79 Å². The minimum atomic E-state index is -0.956. The summed E-state index contributed by atoms with van der Waals surface area (Å²) in [5.74, 6) is -2.47. The molecule has 0 N–H and O–H groups in total. The van der Waals surface area contributed by atoms with Gasteiger partial charge in [0.2, 0.25) is 5.78 Å². The molecule has 0 aromatic carbocycles. The number of ketones is 1. The van der Waals surface area contributed by atoms with Gasteiger partial charge in [0.05, 0.1) is 6.42 Å². The van der Waals surface area contributed by atoms with Crippen molar-refractivity contribution < 1.29 is 23.8 Å². The Kier molecular flexibility index (Phi) is 6.91. The van der Waals surface area contributed by atoms with Crippen molar-refractivity contribution in [1.82, 2.24) is 0 Å². The number of allylic oxidation sites excluding steroid dienone is 1. The van der Waals surface area contributed by atoms with E-state index in [0.717, 1.165) is 5.57 Å². The van der Waals surface area contributed by atoms with Gasteiger partial charge in [-0.05, 0) is 19.9 Å². The molecule has 0 aliphatic rings. The van der Waals surface area contributed by atoms with E-state index >= 15 is 0 Å². The lowest BCUT2D eigenvalue weighted by Gasteiger charge is -2.01. The second kappa shape index (κ2) is 7.67. The summed E-state index contributed by atoms with van der Waals surface area (Å²) in [4.78, 5) is 32.7. The van der Waals surface area contributed by atoms with Gasteiger partial charge < -0.3 is 9.39 Å². The van der Waals surface area contributed by atoms with Crippen molar-refractivity contribution in [3.63, 3.8) is 0 Å². The quantitative estimate of drug-likeness (QED) is 0.284. The van der Waals surface area contributed by atoms with E-state index in [1.165, 1.54) is 0 Å². The topological polar surface area (TPSA) is 69.7 Å². The molecule has 0 bridgehead atoms.